The van der Waals surface area contributed by atoms with E-state index in [2.05, 4.69) is 0 Å². The standard InChI is InChI=1S/C9H9ClO2/c1-6(12)8-3-2-7(5-11)4-9(8)10/h2-4,11H,5H2,1H3. The zero-order valence-corrected chi connectivity index (χ0v) is 7.43. The molecule has 2 nitrogen and oxygen atoms in total. The van der Waals surface area contributed by atoms with Gasteiger partial charge in [-0.05, 0) is 24.6 Å². The van der Waals surface area contributed by atoms with Crippen LogP contribution in [0, 0.1) is 0 Å². The van der Waals surface area contributed by atoms with E-state index < -0.39 is 0 Å². The van der Waals surface area contributed by atoms with Gasteiger partial charge in [-0.25, -0.2) is 0 Å². The van der Waals surface area contributed by atoms with E-state index in [9.17, 15) is 4.79 Å². The molecule has 0 atom stereocenters. The lowest BCUT2D eigenvalue weighted by Gasteiger charge is -2.01. The maximum atomic E-state index is 10.9. The maximum absolute atomic E-state index is 10.9. The van der Waals surface area contributed by atoms with Gasteiger partial charge in [-0.2, -0.15) is 0 Å². The summed E-state index contributed by atoms with van der Waals surface area (Å²) >= 11 is 5.77. The Bertz CT molecular complexity index is 307. The highest BCUT2D eigenvalue weighted by Crippen LogP contribution is 2.18. The predicted octanol–water partition coefficient (Wildman–Crippen LogP) is 2.03. The normalized spacial score (nSPS) is 9.92. The monoisotopic (exact) mass is 184 g/mol. The van der Waals surface area contributed by atoms with Gasteiger partial charge in [0.1, 0.15) is 0 Å². The van der Waals surface area contributed by atoms with Gasteiger partial charge in [0.05, 0.1) is 11.6 Å². The molecule has 0 heterocycles. The van der Waals surface area contributed by atoms with Crippen LogP contribution in [0.4, 0.5) is 0 Å². The van der Waals surface area contributed by atoms with Gasteiger partial charge in [0.15, 0.2) is 5.78 Å². The molecule has 0 aromatic heterocycles. The molecule has 0 aliphatic rings. The van der Waals surface area contributed by atoms with Crippen LogP contribution in [0.5, 0.6) is 0 Å². The van der Waals surface area contributed by atoms with E-state index in [1.165, 1.54) is 6.92 Å². The molecule has 0 aliphatic heterocycles. The summed E-state index contributed by atoms with van der Waals surface area (Å²) < 4.78 is 0. The highest BCUT2D eigenvalue weighted by molar-refractivity contribution is 6.33. The van der Waals surface area contributed by atoms with Gasteiger partial charge < -0.3 is 5.11 Å². The third kappa shape index (κ3) is 1.84. The first-order valence-corrected chi connectivity index (χ1v) is 3.93. The van der Waals surface area contributed by atoms with Crippen molar-refractivity contribution < 1.29 is 9.90 Å². The lowest BCUT2D eigenvalue weighted by Crippen LogP contribution is -1.94. The van der Waals surface area contributed by atoms with Crippen molar-refractivity contribution in [2.45, 2.75) is 13.5 Å². The molecule has 0 radical (unpaired) electrons. The second-order valence-electron chi connectivity index (χ2n) is 2.53. The minimum absolute atomic E-state index is 0.0576. The Morgan fingerprint density at radius 1 is 1.58 bits per heavy atom. The quantitative estimate of drug-likeness (QED) is 0.715. The summed E-state index contributed by atoms with van der Waals surface area (Å²) in [6.45, 7) is 1.40. The predicted molar refractivity (Wildman–Crippen MR) is 47.4 cm³/mol. The van der Waals surface area contributed by atoms with Crippen molar-refractivity contribution in [3.8, 4) is 0 Å². The Morgan fingerprint density at radius 2 is 2.25 bits per heavy atom. The van der Waals surface area contributed by atoms with Crippen LogP contribution in [0.25, 0.3) is 0 Å². The SMILES string of the molecule is CC(=O)c1ccc(CO)cc1Cl. The number of carbonyl (C=O) groups excluding carboxylic acids is 1. The van der Waals surface area contributed by atoms with Crippen LogP contribution in [0.1, 0.15) is 22.8 Å². The largest absolute Gasteiger partial charge is 0.392 e. The Kier molecular flexibility index (Phi) is 2.84. The number of aliphatic hydroxyl groups is 1. The van der Waals surface area contributed by atoms with E-state index in [-0.39, 0.29) is 12.4 Å². The molecule has 12 heavy (non-hydrogen) atoms. The molecule has 0 bridgehead atoms. The number of benzene rings is 1. The molecule has 0 amide bonds. The molecule has 0 spiro atoms. The molecule has 0 aliphatic carbocycles. The molecule has 1 N–H and O–H groups in total. The van der Waals surface area contributed by atoms with Crippen molar-refractivity contribution in [2.24, 2.45) is 0 Å². The number of hydrogen-bond acceptors (Lipinski definition) is 2. The Hall–Kier alpha value is -0.860. The fraction of sp³-hybridized carbons (Fsp3) is 0.222. The third-order valence-electron chi connectivity index (χ3n) is 1.60. The van der Waals surface area contributed by atoms with Crippen LogP contribution >= 0.6 is 11.6 Å². The first kappa shape index (κ1) is 9.23. The van der Waals surface area contributed by atoms with Crippen LogP contribution < -0.4 is 0 Å². The maximum Gasteiger partial charge on any atom is 0.161 e. The van der Waals surface area contributed by atoms with Gasteiger partial charge in [-0.3, -0.25) is 4.79 Å². The van der Waals surface area contributed by atoms with Gasteiger partial charge in [0.25, 0.3) is 0 Å². The summed E-state index contributed by atoms with van der Waals surface area (Å²) in [4.78, 5) is 10.9. The summed E-state index contributed by atoms with van der Waals surface area (Å²) in [6, 6.07) is 4.90. The van der Waals surface area contributed by atoms with Crippen molar-refractivity contribution in [1.29, 1.82) is 0 Å². The van der Waals surface area contributed by atoms with Gasteiger partial charge >= 0.3 is 0 Å². The average Bonchev–Trinajstić information content (AvgIpc) is 2.03. The second-order valence-corrected chi connectivity index (χ2v) is 2.94. The summed E-state index contributed by atoms with van der Waals surface area (Å²) in [7, 11) is 0. The van der Waals surface area contributed by atoms with Gasteiger partial charge in [-0.15, -0.1) is 0 Å². The number of aliphatic hydroxyl groups excluding tert-OH is 1. The first-order valence-electron chi connectivity index (χ1n) is 3.55. The Labute approximate surface area is 75.8 Å². The highest BCUT2D eigenvalue weighted by atomic mass is 35.5. The number of ketones is 1. The van der Waals surface area contributed by atoms with Crippen molar-refractivity contribution in [2.75, 3.05) is 0 Å². The first-order chi connectivity index (χ1) is 5.65. The van der Waals surface area contributed by atoms with Crippen LogP contribution in [-0.4, -0.2) is 10.9 Å². The Balaban J connectivity index is 3.12. The van der Waals surface area contributed by atoms with E-state index in [1.54, 1.807) is 18.2 Å². The van der Waals surface area contributed by atoms with E-state index in [0.29, 0.717) is 16.1 Å². The van der Waals surface area contributed by atoms with Crippen molar-refractivity contribution in [3.63, 3.8) is 0 Å². The topological polar surface area (TPSA) is 37.3 Å². The third-order valence-corrected chi connectivity index (χ3v) is 1.91. The number of rotatable bonds is 2. The number of Topliss-reactive ketones (excluding diaryl/α,β-unsaturated/α-hetero) is 1. The zero-order valence-electron chi connectivity index (χ0n) is 6.67. The molecule has 0 saturated carbocycles. The lowest BCUT2D eigenvalue weighted by molar-refractivity contribution is 0.101. The van der Waals surface area contributed by atoms with Crippen molar-refractivity contribution >= 4 is 17.4 Å². The van der Waals surface area contributed by atoms with Crippen molar-refractivity contribution in [1.82, 2.24) is 0 Å². The van der Waals surface area contributed by atoms with Crippen molar-refractivity contribution in [3.05, 3.63) is 34.3 Å². The molecular formula is C9H9ClO2. The lowest BCUT2D eigenvalue weighted by atomic mass is 10.1. The fourth-order valence-electron chi connectivity index (χ4n) is 0.942. The highest BCUT2D eigenvalue weighted by Gasteiger charge is 2.04. The molecule has 3 heteroatoms. The zero-order chi connectivity index (χ0) is 9.14. The second kappa shape index (κ2) is 3.70. The molecule has 0 fully saturated rings. The summed E-state index contributed by atoms with van der Waals surface area (Å²) in [5, 5.41) is 9.15. The minimum Gasteiger partial charge on any atom is -0.392 e. The average molecular weight is 185 g/mol. The minimum atomic E-state index is -0.0653. The van der Waals surface area contributed by atoms with E-state index in [0.717, 1.165) is 0 Å². The molecule has 64 valence electrons. The fourth-order valence-corrected chi connectivity index (χ4v) is 1.28. The molecule has 1 aromatic rings. The molecular weight excluding hydrogens is 176 g/mol. The van der Waals surface area contributed by atoms with Crippen LogP contribution in [0.3, 0.4) is 0 Å². The number of halogens is 1. The smallest absolute Gasteiger partial charge is 0.161 e. The number of carbonyl (C=O) groups is 1. The van der Waals surface area contributed by atoms with Crippen LogP contribution in [0.15, 0.2) is 18.2 Å². The number of hydrogen-bond donors (Lipinski definition) is 1. The summed E-state index contributed by atoms with van der Waals surface area (Å²) in [6.07, 6.45) is 0. The summed E-state index contributed by atoms with van der Waals surface area (Å²) in [5.74, 6) is -0.0653. The summed E-state index contributed by atoms with van der Waals surface area (Å²) in [5.41, 5.74) is 1.21. The Morgan fingerprint density at radius 3 is 2.67 bits per heavy atom. The van der Waals surface area contributed by atoms with Crippen LogP contribution in [-0.2, 0) is 6.61 Å². The van der Waals surface area contributed by atoms with Crippen LogP contribution in [0.2, 0.25) is 5.02 Å². The van der Waals surface area contributed by atoms with Gasteiger partial charge in [0.2, 0.25) is 0 Å². The molecule has 1 rings (SSSR count). The molecule has 1 aromatic carbocycles. The van der Waals surface area contributed by atoms with E-state index in [1.807, 2.05) is 0 Å². The van der Waals surface area contributed by atoms with E-state index in [4.69, 9.17) is 16.7 Å². The molecule has 0 unspecified atom stereocenters. The van der Waals surface area contributed by atoms with Gasteiger partial charge in [-0.1, -0.05) is 17.7 Å². The molecule has 0 saturated heterocycles. The van der Waals surface area contributed by atoms with Gasteiger partial charge in [0, 0.05) is 5.56 Å². The van der Waals surface area contributed by atoms with E-state index >= 15 is 0 Å².